The summed E-state index contributed by atoms with van der Waals surface area (Å²) in [4.78, 5) is 4.47. The number of sulfonamides is 1. The van der Waals surface area contributed by atoms with E-state index in [-0.39, 0.29) is 23.2 Å². The summed E-state index contributed by atoms with van der Waals surface area (Å²) in [7, 11) is -0.709. The molecule has 2 aromatic carbocycles. The van der Waals surface area contributed by atoms with E-state index in [4.69, 9.17) is 20.9 Å². The van der Waals surface area contributed by atoms with Crippen molar-refractivity contribution in [2.75, 3.05) is 14.2 Å². The standard InChI is InChI=1S/C20H22ClN3O4S/c1-13(2)17-11-16(9-10-18(17)27-4)29(25,26)24(3)12-19-22-20(23-28-19)14-5-7-15(21)8-6-14/h5-11,13H,12H2,1-4H3. The van der Waals surface area contributed by atoms with Crippen LogP contribution in [0.5, 0.6) is 5.75 Å². The predicted octanol–water partition coefficient (Wildman–Crippen LogP) is 4.34. The largest absolute Gasteiger partial charge is 0.496 e. The molecule has 0 N–H and O–H groups in total. The lowest BCUT2D eigenvalue weighted by Gasteiger charge is -2.18. The van der Waals surface area contributed by atoms with Crippen LogP contribution in [0.1, 0.15) is 31.2 Å². The van der Waals surface area contributed by atoms with Gasteiger partial charge in [-0.3, -0.25) is 0 Å². The summed E-state index contributed by atoms with van der Waals surface area (Å²) < 4.78 is 37.8. The Labute approximate surface area is 175 Å². The fourth-order valence-electron chi connectivity index (χ4n) is 2.81. The van der Waals surface area contributed by atoms with E-state index in [0.717, 1.165) is 11.1 Å². The molecule has 0 aliphatic rings. The monoisotopic (exact) mass is 435 g/mol. The molecule has 1 aromatic heterocycles. The van der Waals surface area contributed by atoms with E-state index in [1.54, 1.807) is 43.5 Å². The molecule has 7 nitrogen and oxygen atoms in total. The zero-order valence-electron chi connectivity index (χ0n) is 16.6. The molecule has 0 fully saturated rings. The SMILES string of the molecule is COc1ccc(S(=O)(=O)N(C)Cc2nc(-c3ccc(Cl)cc3)no2)cc1C(C)C. The van der Waals surface area contributed by atoms with E-state index in [1.165, 1.54) is 17.4 Å². The minimum Gasteiger partial charge on any atom is -0.496 e. The van der Waals surface area contributed by atoms with Crippen LogP contribution in [0.25, 0.3) is 11.4 Å². The summed E-state index contributed by atoms with van der Waals surface area (Å²) in [5.41, 5.74) is 1.55. The molecule has 0 spiro atoms. The number of methoxy groups -OCH3 is 1. The number of nitrogens with zero attached hydrogens (tertiary/aromatic N) is 3. The van der Waals surface area contributed by atoms with Gasteiger partial charge in [0.15, 0.2) is 0 Å². The number of halogens is 1. The first-order chi connectivity index (χ1) is 13.7. The van der Waals surface area contributed by atoms with Gasteiger partial charge in [-0.15, -0.1) is 0 Å². The number of ether oxygens (including phenoxy) is 1. The molecule has 0 saturated heterocycles. The molecular weight excluding hydrogens is 414 g/mol. The van der Waals surface area contributed by atoms with Crippen LogP contribution in [0.3, 0.4) is 0 Å². The van der Waals surface area contributed by atoms with Crippen molar-refractivity contribution in [3.8, 4) is 17.1 Å². The van der Waals surface area contributed by atoms with Crippen molar-refractivity contribution in [3.05, 3.63) is 58.9 Å². The van der Waals surface area contributed by atoms with Crippen LogP contribution in [-0.4, -0.2) is 37.0 Å². The zero-order valence-corrected chi connectivity index (χ0v) is 18.2. The molecular formula is C20H22ClN3O4S. The lowest BCUT2D eigenvalue weighted by Crippen LogP contribution is -2.26. The molecule has 0 saturated carbocycles. The molecule has 0 radical (unpaired) electrons. The lowest BCUT2D eigenvalue weighted by molar-refractivity contribution is 0.336. The Kier molecular flexibility index (Phi) is 6.26. The van der Waals surface area contributed by atoms with Crippen molar-refractivity contribution in [1.82, 2.24) is 14.4 Å². The second-order valence-electron chi connectivity index (χ2n) is 6.84. The highest BCUT2D eigenvalue weighted by Gasteiger charge is 2.25. The highest BCUT2D eigenvalue weighted by Crippen LogP contribution is 2.30. The van der Waals surface area contributed by atoms with Gasteiger partial charge in [-0.05, 0) is 53.9 Å². The summed E-state index contributed by atoms with van der Waals surface area (Å²) in [5, 5.41) is 4.52. The van der Waals surface area contributed by atoms with Crippen LogP contribution >= 0.6 is 11.6 Å². The van der Waals surface area contributed by atoms with Crippen LogP contribution in [0.2, 0.25) is 5.02 Å². The van der Waals surface area contributed by atoms with Crippen molar-refractivity contribution in [3.63, 3.8) is 0 Å². The van der Waals surface area contributed by atoms with Gasteiger partial charge in [0.25, 0.3) is 0 Å². The topological polar surface area (TPSA) is 85.5 Å². The van der Waals surface area contributed by atoms with Gasteiger partial charge in [0.1, 0.15) is 5.75 Å². The molecule has 3 aromatic rings. The fourth-order valence-corrected chi connectivity index (χ4v) is 4.10. The van der Waals surface area contributed by atoms with Gasteiger partial charge in [-0.2, -0.15) is 9.29 Å². The summed E-state index contributed by atoms with van der Waals surface area (Å²) in [5.74, 6) is 1.34. The summed E-state index contributed by atoms with van der Waals surface area (Å²) >= 11 is 5.89. The molecule has 3 rings (SSSR count). The van der Waals surface area contributed by atoms with Crippen molar-refractivity contribution in [2.24, 2.45) is 0 Å². The second-order valence-corrected chi connectivity index (χ2v) is 9.32. The predicted molar refractivity (Wildman–Crippen MR) is 110 cm³/mol. The average Bonchev–Trinajstić information content (AvgIpc) is 3.16. The third-order valence-electron chi connectivity index (χ3n) is 4.46. The number of aromatic nitrogens is 2. The fraction of sp³-hybridized carbons (Fsp3) is 0.300. The molecule has 0 aliphatic heterocycles. The molecule has 0 unspecified atom stereocenters. The van der Waals surface area contributed by atoms with Gasteiger partial charge in [-0.1, -0.05) is 30.6 Å². The van der Waals surface area contributed by atoms with Crippen molar-refractivity contribution in [2.45, 2.75) is 31.2 Å². The summed E-state index contributed by atoms with van der Waals surface area (Å²) in [6, 6.07) is 11.8. The van der Waals surface area contributed by atoms with Gasteiger partial charge in [-0.25, -0.2) is 8.42 Å². The quantitative estimate of drug-likeness (QED) is 0.548. The van der Waals surface area contributed by atoms with Crippen molar-refractivity contribution in [1.29, 1.82) is 0 Å². The number of hydrogen-bond acceptors (Lipinski definition) is 6. The Hall–Kier alpha value is -2.42. The minimum atomic E-state index is -3.75. The van der Waals surface area contributed by atoms with Gasteiger partial charge < -0.3 is 9.26 Å². The molecule has 9 heteroatoms. The number of rotatable bonds is 7. The highest BCUT2D eigenvalue weighted by atomic mass is 35.5. The molecule has 29 heavy (non-hydrogen) atoms. The average molecular weight is 436 g/mol. The molecule has 0 bridgehead atoms. The molecule has 154 valence electrons. The second kappa shape index (κ2) is 8.52. The Morgan fingerprint density at radius 2 is 1.86 bits per heavy atom. The van der Waals surface area contributed by atoms with Crippen molar-refractivity contribution >= 4 is 21.6 Å². The maximum absolute atomic E-state index is 13.0. The normalized spacial score (nSPS) is 12.0. The minimum absolute atomic E-state index is 0.0496. The van der Waals surface area contributed by atoms with E-state index < -0.39 is 10.0 Å². The molecule has 0 amide bonds. The Bertz CT molecular complexity index is 1100. The smallest absolute Gasteiger partial charge is 0.243 e. The van der Waals surface area contributed by atoms with Gasteiger partial charge in [0.2, 0.25) is 21.7 Å². The van der Waals surface area contributed by atoms with E-state index in [9.17, 15) is 8.42 Å². The molecule has 0 atom stereocenters. The van der Waals surface area contributed by atoms with Gasteiger partial charge in [0, 0.05) is 17.6 Å². The lowest BCUT2D eigenvalue weighted by atomic mass is 10.0. The number of hydrogen-bond donors (Lipinski definition) is 0. The molecule has 0 aliphatic carbocycles. The third-order valence-corrected chi connectivity index (χ3v) is 6.51. The zero-order chi connectivity index (χ0) is 21.2. The maximum Gasteiger partial charge on any atom is 0.243 e. The van der Waals surface area contributed by atoms with Crippen molar-refractivity contribution < 1.29 is 17.7 Å². The van der Waals surface area contributed by atoms with Gasteiger partial charge in [0.05, 0.1) is 18.6 Å². The van der Waals surface area contributed by atoms with Crippen LogP contribution in [0.15, 0.2) is 51.9 Å². The van der Waals surface area contributed by atoms with E-state index in [0.29, 0.717) is 16.6 Å². The van der Waals surface area contributed by atoms with Crippen LogP contribution in [0, 0.1) is 0 Å². The summed E-state index contributed by atoms with van der Waals surface area (Å²) in [6.45, 7) is 3.91. The highest BCUT2D eigenvalue weighted by molar-refractivity contribution is 7.89. The third kappa shape index (κ3) is 4.60. The summed E-state index contributed by atoms with van der Waals surface area (Å²) in [6.07, 6.45) is 0. The van der Waals surface area contributed by atoms with E-state index >= 15 is 0 Å². The van der Waals surface area contributed by atoms with Crippen LogP contribution in [-0.2, 0) is 16.6 Å². The van der Waals surface area contributed by atoms with Crippen LogP contribution < -0.4 is 4.74 Å². The first-order valence-corrected chi connectivity index (χ1v) is 10.8. The first kappa shape index (κ1) is 21.3. The maximum atomic E-state index is 13.0. The van der Waals surface area contributed by atoms with Crippen LogP contribution in [0.4, 0.5) is 0 Å². The molecule has 1 heterocycles. The number of benzene rings is 2. The van der Waals surface area contributed by atoms with E-state index in [1.807, 2.05) is 13.8 Å². The Morgan fingerprint density at radius 3 is 2.48 bits per heavy atom. The Balaban J connectivity index is 1.82. The first-order valence-electron chi connectivity index (χ1n) is 8.95. The Morgan fingerprint density at radius 1 is 1.17 bits per heavy atom. The van der Waals surface area contributed by atoms with E-state index in [2.05, 4.69) is 10.1 Å². The van der Waals surface area contributed by atoms with Gasteiger partial charge >= 0.3 is 0 Å².